The lowest BCUT2D eigenvalue weighted by atomic mass is 9.35. The first-order valence-corrected chi connectivity index (χ1v) is 24.3. The summed E-state index contributed by atoms with van der Waals surface area (Å²) in [6, 6.07) is 0. The van der Waals surface area contributed by atoms with Gasteiger partial charge in [-0.05, 0) is 116 Å². The first kappa shape index (κ1) is 46.4. The third kappa shape index (κ3) is 13.7. The lowest BCUT2D eigenvalue weighted by molar-refractivity contribution is -0.237. The first-order chi connectivity index (χ1) is 28.3. The Morgan fingerprint density at radius 1 is 0.259 bits per heavy atom. The highest BCUT2D eigenvalue weighted by atomic mass is 16.5. The van der Waals surface area contributed by atoms with Gasteiger partial charge in [0.25, 0.3) is 0 Å². The minimum atomic E-state index is -0.412. The third-order valence-electron chi connectivity index (χ3n) is 14.1. The molecule has 8 nitrogen and oxygen atoms in total. The molecule has 0 unspecified atom stereocenters. The first-order valence-electron chi connectivity index (χ1n) is 24.3. The molecule has 0 saturated heterocycles. The van der Waals surface area contributed by atoms with E-state index in [4.69, 9.17) is 18.9 Å². The fourth-order valence-corrected chi connectivity index (χ4v) is 10.5. The van der Waals surface area contributed by atoms with Gasteiger partial charge in [-0.15, -0.1) is 0 Å². The molecule has 9 aliphatic heterocycles. The second-order valence-corrected chi connectivity index (χ2v) is 19.3. The maximum absolute atomic E-state index is 12.7. The highest BCUT2D eigenvalue weighted by Crippen LogP contribution is 2.75. The standard InChI is InChI=1S/C50H80O8/c51-43-47-37-49(38-47,39-47)45(53)57-35-31-27-23-19-15-11-7-3-4-8-12-16-20-24-28-32-36-58-46(54)50-40-48(41-50,42-50)44(52)56-34-30-26-22-18-14-10-6-2-1-5-9-13-17-21-25-29-33-55-43/h1-4H,5-42H2/b2-1+,4-3+. The average molecular weight is 809 g/mol. The minimum Gasteiger partial charge on any atom is -0.465 e. The Kier molecular flexibility index (Phi) is 19.7. The number of rotatable bonds is 0. The van der Waals surface area contributed by atoms with Crippen LogP contribution in [0.3, 0.4) is 0 Å². The van der Waals surface area contributed by atoms with Gasteiger partial charge in [0.05, 0.1) is 48.1 Å². The van der Waals surface area contributed by atoms with Gasteiger partial charge < -0.3 is 18.9 Å². The number of carbonyl (C=O) groups is 4. The highest BCUT2D eigenvalue weighted by molar-refractivity contribution is 5.92. The second kappa shape index (κ2) is 24.6. The van der Waals surface area contributed by atoms with Gasteiger partial charge in [0, 0.05) is 0 Å². The quantitative estimate of drug-likeness (QED) is 0.135. The summed E-state index contributed by atoms with van der Waals surface area (Å²) in [6.07, 6.45) is 45.2. The number of hydrogen-bond acceptors (Lipinski definition) is 8. The molecule has 58 heavy (non-hydrogen) atoms. The molecule has 15 aliphatic rings. The maximum Gasteiger partial charge on any atom is 0.312 e. The molecule has 0 N–H and O–H groups in total. The van der Waals surface area contributed by atoms with E-state index in [0.29, 0.717) is 65.0 Å². The van der Waals surface area contributed by atoms with Crippen molar-refractivity contribution in [3.63, 3.8) is 0 Å². The molecule has 6 saturated carbocycles. The third-order valence-corrected chi connectivity index (χ3v) is 14.1. The molecule has 4 bridgehead atoms. The van der Waals surface area contributed by atoms with Crippen LogP contribution in [0.4, 0.5) is 0 Å². The van der Waals surface area contributed by atoms with Gasteiger partial charge in [0.1, 0.15) is 0 Å². The maximum atomic E-state index is 12.7. The molecule has 328 valence electrons. The highest BCUT2D eigenvalue weighted by Gasteiger charge is 2.77. The Balaban J connectivity index is 0.898. The topological polar surface area (TPSA) is 105 Å². The molecule has 9 heterocycles. The van der Waals surface area contributed by atoms with Gasteiger partial charge in [-0.1, -0.05) is 127 Å². The van der Waals surface area contributed by atoms with Crippen molar-refractivity contribution in [3.8, 4) is 0 Å². The van der Waals surface area contributed by atoms with Crippen LogP contribution >= 0.6 is 0 Å². The van der Waals surface area contributed by atoms with Crippen LogP contribution in [-0.4, -0.2) is 50.3 Å². The summed E-state index contributed by atoms with van der Waals surface area (Å²) in [5.41, 5.74) is -1.65. The van der Waals surface area contributed by atoms with Crippen molar-refractivity contribution in [1.29, 1.82) is 0 Å². The van der Waals surface area contributed by atoms with Gasteiger partial charge in [0.2, 0.25) is 0 Å². The molecule has 0 atom stereocenters. The van der Waals surface area contributed by atoms with E-state index in [1.165, 1.54) is 103 Å². The zero-order valence-corrected chi connectivity index (χ0v) is 36.4. The molecular weight excluding hydrogens is 729 g/mol. The SMILES string of the molecule is O=C1OCCCCCCCC/C=C/CCCCCCCCOC(=O)C23CC(C2)(C3)C(=O)OCCCCCCCC/C=C/CCCCCCCCOC(=O)C23CC1(C2)C3. The number of hydrogen-bond donors (Lipinski definition) is 0. The average Bonchev–Trinajstić information content (AvgIpc) is 3.13. The molecule has 0 aromatic carbocycles. The molecule has 0 radical (unpaired) electrons. The van der Waals surface area contributed by atoms with Crippen molar-refractivity contribution in [2.45, 2.75) is 218 Å². The fraction of sp³-hybridized carbons (Fsp3) is 0.840. The molecule has 0 aromatic heterocycles. The summed E-state index contributed by atoms with van der Waals surface area (Å²) in [5, 5.41) is 0. The van der Waals surface area contributed by atoms with E-state index in [2.05, 4.69) is 24.3 Å². The van der Waals surface area contributed by atoms with Gasteiger partial charge in [-0.2, -0.15) is 0 Å². The Bertz CT molecular complexity index is 1100. The summed E-state index contributed by atoms with van der Waals surface area (Å²) in [5.74, 6) is -0.383. The fourth-order valence-electron chi connectivity index (χ4n) is 10.5. The van der Waals surface area contributed by atoms with Crippen LogP contribution in [0.1, 0.15) is 218 Å². The lowest BCUT2D eigenvalue weighted by Gasteiger charge is -2.66. The predicted molar refractivity (Wildman–Crippen MR) is 229 cm³/mol. The van der Waals surface area contributed by atoms with Crippen LogP contribution in [0, 0.1) is 21.7 Å². The van der Waals surface area contributed by atoms with Crippen molar-refractivity contribution in [3.05, 3.63) is 24.3 Å². The van der Waals surface area contributed by atoms with Gasteiger partial charge in [-0.3, -0.25) is 19.2 Å². The van der Waals surface area contributed by atoms with E-state index < -0.39 is 21.7 Å². The van der Waals surface area contributed by atoms with Crippen molar-refractivity contribution < 1.29 is 38.1 Å². The number of carbonyl (C=O) groups excluding carboxylic acids is 4. The van der Waals surface area contributed by atoms with Crippen LogP contribution in [0.25, 0.3) is 0 Å². The summed E-state index contributed by atoms with van der Waals surface area (Å²) in [6.45, 7) is 1.98. The zero-order chi connectivity index (χ0) is 40.8. The van der Waals surface area contributed by atoms with E-state index in [0.717, 1.165) is 77.0 Å². The van der Waals surface area contributed by atoms with Crippen LogP contribution in [0.2, 0.25) is 0 Å². The summed E-state index contributed by atoms with van der Waals surface area (Å²) >= 11 is 0. The van der Waals surface area contributed by atoms with E-state index in [-0.39, 0.29) is 23.9 Å². The monoisotopic (exact) mass is 809 g/mol. The summed E-state index contributed by atoms with van der Waals surface area (Å²) in [4.78, 5) is 50.9. The van der Waals surface area contributed by atoms with Gasteiger partial charge in [-0.25, -0.2) is 0 Å². The lowest BCUT2D eigenvalue weighted by Crippen LogP contribution is -2.69. The molecule has 0 aromatic rings. The molecule has 15 rings (SSSR count). The Morgan fingerprint density at radius 3 is 0.638 bits per heavy atom. The van der Waals surface area contributed by atoms with Gasteiger partial charge >= 0.3 is 23.9 Å². The number of allylic oxidation sites excluding steroid dienone is 4. The molecule has 0 spiro atoms. The van der Waals surface area contributed by atoms with Crippen molar-refractivity contribution >= 4 is 23.9 Å². The van der Waals surface area contributed by atoms with Gasteiger partial charge in [0.15, 0.2) is 0 Å². The van der Waals surface area contributed by atoms with Crippen molar-refractivity contribution in [1.82, 2.24) is 0 Å². The molecule has 6 fully saturated rings. The smallest absolute Gasteiger partial charge is 0.312 e. The minimum absolute atomic E-state index is 0.0958. The van der Waals surface area contributed by atoms with Crippen molar-refractivity contribution in [2.24, 2.45) is 21.7 Å². The summed E-state index contributed by atoms with van der Waals surface area (Å²) < 4.78 is 22.6. The zero-order valence-electron chi connectivity index (χ0n) is 36.4. The summed E-state index contributed by atoms with van der Waals surface area (Å²) in [7, 11) is 0. The van der Waals surface area contributed by atoms with Crippen LogP contribution < -0.4 is 0 Å². The number of ether oxygens (including phenoxy) is 4. The van der Waals surface area contributed by atoms with Crippen LogP contribution in [0.15, 0.2) is 24.3 Å². The van der Waals surface area contributed by atoms with Crippen LogP contribution in [-0.2, 0) is 38.1 Å². The van der Waals surface area contributed by atoms with E-state index in [9.17, 15) is 19.2 Å². The largest absolute Gasteiger partial charge is 0.465 e. The van der Waals surface area contributed by atoms with Crippen molar-refractivity contribution in [2.75, 3.05) is 26.4 Å². The second-order valence-electron chi connectivity index (χ2n) is 19.3. The van der Waals surface area contributed by atoms with Crippen LogP contribution in [0.5, 0.6) is 0 Å². The molecule has 8 heteroatoms. The van der Waals surface area contributed by atoms with E-state index in [1.54, 1.807) is 0 Å². The molecule has 0 amide bonds. The Hall–Kier alpha value is -2.64. The van der Waals surface area contributed by atoms with E-state index >= 15 is 0 Å². The predicted octanol–water partition coefficient (Wildman–Crippen LogP) is 12.5. The Labute approximate surface area is 351 Å². The normalized spacial score (nSPS) is 34.9. The molecule has 6 aliphatic carbocycles. The Morgan fingerprint density at radius 2 is 0.431 bits per heavy atom. The number of esters is 4. The molecular formula is C50H80O8. The van der Waals surface area contributed by atoms with E-state index in [1.807, 2.05) is 0 Å².